The number of ether oxygens (including phenoxy) is 1. The third kappa shape index (κ3) is 4.36. The summed E-state index contributed by atoms with van der Waals surface area (Å²) in [6.45, 7) is 2.22. The van der Waals surface area contributed by atoms with Crippen molar-refractivity contribution < 1.29 is 9.53 Å². The predicted molar refractivity (Wildman–Crippen MR) is 88.5 cm³/mol. The summed E-state index contributed by atoms with van der Waals surface area (Å²) in [6, 6.07) is 15.6. The zero-order valence-electron chi connectivity index (χ0n) is 12.5. The van der Waals surface area contributed by atoms with Gasteiger partial charge in [-0.3, -0.25) is 4.79 Å². The quantitative estimate of drug-likeness (QED) is 0.551. The molecule has 0 fully saturated rings. The smallest absolute Gasteiger partial charge is 0.200 e. The molecular weight excluding hydrogens is 280 g/mol. The molecule has 0 radical (unpaired) electrons. The zero-order valence-corrected chi connectivity index (χ0v) is 13.3. The Labute approximate surface area is 130 Å². The fourth-order valence-corrected chi connectivity index (χ4v) is 2.65. The molecule has 110 valence electrons. The van der Waals surface area contributed by atoms with E-state index in [2.05, 4.69) is 6.92 Å². The summed E-state index contributed by atoms with van der Waals surface area (Å²) in [5, 5.41) is 0. The lowest BCUT2D eigenvalue weighted by Gasteiger charge is -2.09. The van der Waals surface area contributed by atoms with Crippen molar-refractivity contribution in [3.8, 4) is 5.75 Å². The van der Waals surface area contributed by atoms with Gasteiger partial charge in [0.1, 0.15) is 5.75 Å². The molecule has 3 heteroatoms. The van der Waals surface area contributed by atoms with Crippen molar-refractivity contribution in [1.82, 2.24) is 0 Å². The third-order valence-corrected chi connectivity index (χ3v) is 4.02. The average molecular weight is 300 g/mol. The minimum Gasteiger partial charge on any atom is -0.484 e. The summed E-state index contributed by atoms with van der Waals surface area (Å²) in [5.41, 5.74) is 1.97. The minimum atomic E-state index is 0.00829. The second kappa shape index (κ2) is 7.89. The van der Waals surface area contributed by atoms with Crippen LogP contribution < -0.4 is 4.74 Å². The number of Topliss-reactive ketones (excluding diaryl/α,β-unsaturated/α-hetero) is 1. The van der Waals surface area contributed by atoms with Crippen LogP contribution in [0.2, 0.25) is 0 Å². The Morgan fingerprint density at radius 1 is 1.10 bits per heavy atom. The van der Waals surface area contributed by atoms with Gasteiger partial charge in [0.2, 0.25) is 0 Å². The van der Waals surface area contributed by atoms with Crippen molar-refractivity contribution in [2.45, 2.75) is 24.7 Å². The van der Waals surface area contributed by atoms with Gasteiger partial charge in [0.05, 0.1) is 0 Å². The first-order valence-corrected chi connectivity index (χ1v) is 8.35. The van der Waals surface area contributed by atoms with Gasteiger partial charge in [-0.05, 0) is 30.4 Å². The monoisotopic (exact) mass is 300 g/mol. The van der Waals surface area contributed by atoms with Crippen LogP contribution in [0.15, 0.2) is 53.4 Å². The summed E-state index contributed by atoms with van der Waals surface area (Å²) in [4.78, 5) is 13.2. The summed E-state index contributed by atoms with van der Waals surface area (Å²) < 4.78 is 5.65. The number of aryl methyl sites for hydroxylation is 1. The van der Waals surface area contributed by atoms with Gasteiger partial charge in [-0.1, -0.05) is 49.7 Å². The molecule has 0 saturated carbocycles. The van der Waals surface area contributed by atoms with Crippen LogP contribution in [-0.4, -0.2) is 18.6 Å². The molecule has 2 nitrogen and oxygen atoms in total. The maximum atomic E-state index is 12.2. The molecule has 0 bridgehead atoms. The normalized spacial score (nSPS) is 10.4. The van der Waals surface area contributed by atoms with E-state index in [0.717, 1.165) is 23.5 Å². The molecular formula is C18H20O2S. The van der Waals surface area contributed by atoms with Gasteiger partial charge in [-0.25, -0.2) is 0 Å². The highest BCUT2D eigenvalue weighted by Crippen LogP contribution is 2.26. The second-order valence-corrected chi connectivity index (χ2v) is 5.66. The summed E-state index contributed by atoms with van der Waals surface area (Å²) in [6.07, 6.45) is 4.16. The van der Waals surface area contributed by atoms with Crippen molar-refractivity contribution in [2.75, 3.05) is 12.9 Å². The summed E-state index contributed by atoms with van der Waals surface area (Å²) in [7, 11) is 0. The van der Waals surface area contributed by atoms with Crippen molar-refractivity contribution in [3.63, 3.8) is 0 Å². The molecule has 0 spiro atoms. The number of carbonyl (C=O) groups is 1. The van der Waals surface area contributed by atoms with E-state index in [4.69, 9.17) is 4.74 Å². The predicted octanol–water partition coefficient (Wildman–Crippen LogP) is 4.62. The number of rotatable bonds is 7. The van der Waals surface area contributed by atoms with E-state index in [-0.39, 0.29) is 12.4 Å². The molecule has 0 atom stereocenters. The van der Waals surface area contributed by atoms with E-state index in [9.17, 15) is 4.79 Å². The van der Waals surface area contributed by atoms with Crippen LogP contribution in [0.4, 0.5) is 0 Å². The lowest BCUT2D eigenvalue weighted by Crippen LogP contribution is -2.12. The Kier molecular flexibility index (Phi) is 5.88. The zero-order chi connectivity index (χ0) is 15.1. The summed E-state index contributed by atoms with van der Waals surface area (Å²) >= 11 is 1.61. The Morgan fingerprint density at radius 2 is 1.81 bits per heavy atom. The molecule has 0 aliphatic heterocycles. The number of para-hydroxylation sites is 1. The topological polar surface area (TPSA) is 26.3 Å². The first-order valence-electron chi connectivity index (χ1n) is 7.12. The molecule has 0 amide bonds. The molecule has 0 saturated heterocycles. The maximum absolute atomic E-state index is 12.2. The molecule has 2 aromatic carbocycles. The van der Waals surface area contributed by atoms with Gasteiger partial charge in [-0.2, -0.15) is 0 Å². The van der Waals surface area contributed by atoms with Crippen molar-refractivity contribution in [3.05, 3.63) is 59.7 Å². The Morgan fingerprint density at radius 3 is 2.48 bits per heavy atom. The lowest BCUT2D eigenvalue weighted by atomic mass is 10.1. The van der Waals surface area contributed by atoms with E-state index < -0.39 is 0 Å². The lowest BCUT2D eigenvalue weighted by molar-refractivity contribution is 0.0919. The molecule has 0 unspecified atom stereocenters. The largest absolute Gasteiger partial charge is 0.484 e. The van der Waals surface area contributed by atoms with Crippen LogP contribution in [-0.2, 0) is 6.42 Å². The van der Waals surface area contributed by atoms with Crippen LogP contribution in [0.25, 0.3) is 0 Å². The Balaban J connectivity index is 1.98. The third-order valence-electron chi connectivity index (χ3n) is 3.24. The maximum Gasteiger partial charge on any atom is 0.200 e. The van der Waals surface area contributed by atoms with E-state index in [1.807, 2.05) is 54.8 Å². The second-order valence-electron chi connectivity index (χ2n) is 4.81. The highest BCUT2D eigenvalue weighted by molar-refractivity contribution is 7.98. The number of carbonyl (C=O) groups excluding carboxylic acids is 1. The van der Waals surface area contributed by atoms with E-state index in [1.54, 1.807) is 11.8 Å². The number of thioether (sulfide) groups is 1. The highest BCUT2D eigenvalue weighted by atomic mass is 32.2. The summed E-state index contributed by atoms with van der Waals surface area (Å²) in [5.74, 6) is 0.773. The van der Waals surface area contributed by atoms with Gasteiger partial charge in [-0.15, -0.1) is 11.8 Å². The molecule has 0 aliphatic rings. The minimum absolute atomic E-state index is 0.00829. The van der Waals surface area contributed by atoms with Crippen molar-refractivity contribution in [1.29, 1.82) is 0 Å². The molecule has 21 heavy (non-hydrogen) atoms. The fourth-order valence-electron chi connectivity index (χ4n) is 2.11. The SMILES string of the molecule is CCCc1ccc(C(=O)COc2ccccc2SC)cc1. The van der Waals surface area contributed by atoms with Crippen molar-refractivity contribution >= 4 is 17.5 Å². The van der Waals surface area contributed by atoms with Gasteiger partial charge in [0, 0.05) is 10.5 Å². The van der Waals surface area contributed by atoms with Gasteiger partial charge in [0.25, 0.3) is 0 Å². The fraction of sp³-hybridized carbons (Fsp3) is 0.278. The first kappa shape index (κ1) is 15.6. The van der Waals surface area contributed by atoms with Crippen LogP contribution in [0.5, 0.6) is 5.75 Å². The first-order chi connectivity index (χ1) is 10.2. The average Bonchev–Trinajstić information content (AvgIpc) is 2.54. The Hall–Kier alpha value is -1.74. The van der Waals surface area contributed by atoms with Gasteiger partial charge < -0.3 is 4.74 Å². The van der Waals surface area contributed by atoms with Crippen LogP contribution in [0.1, 0.15) is 29.3 Å². The van der Waals surface area contributed by atoms with E-state index >= 15 is 0 Å². The molecule has 0 heterocycles. The molecule has 2 rings (SSSR count). The number of hydrogen-bond donors (Lipinski definition) is 0. The van der Waals surface area contributed by atoms with Gasteiger partial charge >= 0.3 is 0 Å². The molecule has 0 aliphatic carbocycles. The number of ketones is 1. The number of hydrogen-bond acceptors (Lipinski definition) is 3. The van der Waals surface area contributed by atoms with Crippen molar-refractivity contribution in [2.24, 2.45) is 0 Å². The standard InChI is InChI=1S/C18H20O2S/c1-3-6-14-9-11-15(12-10-14)16(19)13-20-17-7-4-5-8-18(17)21-2/h4-5,7-12H,3,6,13H2,1-2H3. The van der Waals surface area contributed by atoms with Crippen LogP contribution in [0.3, 0.4) is 0 Å². The van der Waals surface area contributed by atoms with Gasteiger partial charge in [0.15, 0.2) is 12.4 Å². The molecule has 2 aromatic rings. The van der Waals surface area contributed by atoms with Crippen LogP contribution >= 0.6 is 11.8 Å². The molecule has 0 N–H and O–H groups in total. The molecule has 0 aromatic heterocycles. The van der Waals surface area contributed by atoms with Crippen LogP contribution in [0, 0.1) is 0 Å². The van der Waals surface area contributed by atoms with E-state index in [1.165, 1.54) is 5.56 Å². The van der Waals surface area contributed by atoms with E-state index in [0.29, 0.717) is 5.56 Å². The highest BCUT2D eigenvalue weighted by Gasteiger charge is 2.08. The Bertz CT molecular complexity index is 590. The number of benzene rings is 2.